The van der Waals surface area contributed by atoms with E-state index in [1.165, 1.54) is 0 Å². The maximum Gasteiger partial charge on any atom is 0.338 e. The van der Waals surface area contributed by atoms with Gasteiger partial charge in [0.2, 0.25) is 5.88 Å². The molecule has 25 heavy (non-hydrogen) atoms. The van der Waals surface area contributed by atoms with Crippen molar-refractivity contribution in [1.82, 2.24) is 0 Å². The Morgan fingerprint density at radius 2 is 2.16 bits per heavy atom. The Bertz CT molecular complexity index is 759. The highest BCUT2D eigenvalue weighted by Crippen LogP contribution is 2.41. The van der Waals surface area contributed by atoms with Crippen LogP contribution in [0.1, 0.15) is 38.2 Å². The predicted molar refractivity (Wildman–Crippen MR) is 92.2 cm³/mol. The van der Waals surface area contributed by atoms with Gasteiger partial charge in [0.15, 0.2) is 0 Å². The summed E-state index contributed by atoms with van der Waals surface area (Å²) in [5.74, 6) is -0.0503. The third-order valence-corrected chi connectivity index (χ3v) is 3.90. The molecule has 2 rings (SSSR count). The molecule has 2 N–H and O–H groups in total. The van der Waals surface area contributed by atoms with Crippen LogP contribution in [0.15, 0.2) is 47.1 Å². The maximum atomic E-state index is 12.6. The molecular weight excluding hydrogens is 320 g/mol. The molecule has 0 amide bonds. The second kappa shape index (κ2) is 8.25. The van der Waals surface area contributed by atoms with Crippen molar-refractivity contribution in [1.29, 1.82) is 5.26 Å². The summed E-state index contributed by atoms with van der Waals surface area (Å²) in [4.78, 5) is 12.6. The number of allylic oxidation sites excluding steroid dienone is 2. The van der Waals surface area contributed by atoms with Crippen molar-refractivity contribution in [2.75, 3.05) is 13.7 Å². The molecule has 0 radical (unpaired) electrons. The zero-order valence-electron chi connectivity index (χ0n) is 14.7. The lowest BCUT2D eigenvalue weighted by molar-refractivity contribution is -0.139. The fraction of sp³-hybridized carbons (Fsp3) is 0.368. The van der Waals surface area contributed by atoms with Crippen molar-refractivity contribution in [3.8, 4) is 11.8 Å². The molecule has 1 heterocycles. The summed E-state index contributed by atoms with van der Waals surface area (Å²) in [6.07, 6.45) is 1.28. The number of nitrogens with two attached hydrogens (primary N) is 1. The first-order valence-corrected chi connectivity index (χ1v) is 8.18. The molecule has 1 aromatic carbocycles. The number of carbonyl (C=O) groups is 1. The number of carbonyl (C=O) groups excluding carboxylic acids is 1. The van der Waals surface area contributed by atoms with E-state index in [-0.39, 0.29) is 18.1 Å². The van der Waals surface area contributed by atoms with E-state index in [1.54, 1.807) is 32.2 Å². The number of hydrogen-bond donors (Lipinski definition) is 1. The molecule has 6 nitrogen and oxygen atoms in total. The van der Waals surface area contributed by atoms with Crippen molar-refractivity contribution in [3.05, 3.63) is 52.6 Å². The van der Waals surface area contributed by atoms with Crippen molar-refractivity contribution >= 4 is 5.97 Å². The number of methoxy groups -OCH3 is 1. The molecule has 6 heteroatoms. The lowest BCUT2D eigenvalue weighted by Crippen LogP contribution is -2.26. The smallest absolute Gasteiger partial charge is 0.338 e. The first-order chi connectivity index (χ1) is 12.1. The number of nitrogens with zero attached hydrogens (tertiary/aromatic N) is 1. The molecule has 1 aliphatic heterocycles. The molecule has 0 aromatic heterocycles. The molecule has 1 aliphatic rings. The summed E-state index contributed by atoms with van der Waals surface area (Å²) in [6.45, 7) is 3.94. The maximum absolute atomic E-state index is 12.6. The SMILES string of the molecule is CCCC1=C(C(=O)OCC)[C@@H](c2cccc(OC)c2)C(C#N)=C(N)O1. The van der Waals surface area contributed by atoms with Gasteiger partial charge in [0.25, 0.3) is 0 Å². The van der Waals surface area contributed by atoms with Crippen LogP contribution in [0.25, 0.3) is 0 Å². The molecule has 0 aliphatic carbocycles. The van der Waals surface area contributed by atoms with Gasteiger partial charge in [0.05, 0.1) is 25.2 Å². The van der Waals surface area contributed by atoms with Crippen LogP contribution in [0, 0.1) is 11.3 Å². The van der Waals surface area contributed by atoms with Crippen molar-refractivity contribution in [3.63, 3.8) is 0 Å². The van der Waals surface area contributed by atoms with Crippen LogP contribution in [-0.4, -0.2) is 19.7 Å². The monoisotopic (exact) mass is 342 g/mol. The van der Waals surface area contributed by atoms with Crippen LogP contribution in [-0.2, 0) is 14.3 Å². The van der Waals surface area contributed by atoms with Gasteiger partial charge in [-0.2, -0.15) is 5.26 Å². The Labute approximate surface area is 147 Å². The van der Waals surface area contributed by atoms with Gasteiger partial charge in [-0.1, -0.05) is 19.1 Å². The Balaban J connectivity index is 2.66. The minimum Gasteiger partial charge on any atom is -0.497 e. The fourth-order valence-corrected chi connectivity index (χ4v) is 2.82. The molecule has 0 spiro atoms. The summed E-state index contributed by atoms with van der Waals surface area (Å²) in [5, 5.41) is 9.59. The van der Waals surface area contributed by atoms with Crippen LogP contribution in [0.5, 0.6) is 5.75 Å². The zero-order valence-corrected chi connectivity index (χ0v) is 14.7. The molecule has 0 unspecified atom stereocenters. The summed E-state index contributed by atoms with van der Waals surface area (Å²) in [6, 6.07) is 9.28. The van der Waals surface area contributed by atoms with E-state index in [0.717, 1.165) is 12.0 Å². The van der Waals surface area contributed by atoms with E-state index in [9.17, 15) is 10.1 Å². The second-order valence-corrected chi connectivity index (χ2v) is 5.51. The van der Waals surface area contributed by atoms with E-state index in [0.29, 0.717) is 23.5 Å². The van der Waals surface area contributed by atoms with E-state index < -0.39 is 11.9 Å². The van der Waals surface area contributed by atoms with Crippen LogP contribution in [0.3, 0.4) is 0 Å². The summed E-state index contributed by atoms with van der Waals surface area (Å²) in [5.41, 5.74) is 7.20. The fourth-order valence-electron chi connectivity index (χ4n) is 2.82. The molecule has 0 fully saturated rings. The molecular formula is C19H22N2O4. The minimum absolute atomic E-state index is 0.0202. The van der Waals surface area contributed by atoms with Gasteiger partial charge in [-0.05, 0) is 31.0 Å². The van der Waals surface area contributed by atoms with Gasteiger partial charge in [-0.3, -0.25) is 0 Å². The van der Waals surface area contributed by atoms with E-state index in [4.69, 9.17) is 19.9 Å². The van der Waals surface area contributed by atoms with Gasteiger partial charge in [0, 0.05) is 6.42 Å². The summed E-state index contributed by atoms with van der Waals surface area (Å²) >= 11 is 0. The Morgan fingerprint density at radius 3 is 2.76 bits per heavy atom. The molecule has 0 saturated heterocycles. The van der Waals surface area contributed by atoms with Gasteiger partial charge in [-0.15, -0.1) is 0 Å². The lowest BCUT2D eigenvalue weighted by Gasteiger charge is -2.28. The molecule has 1 aromatic rings. The third-order valence-electron chi connectivity index (χ3n) is 3.90. The lowest BCUT2D eigenvalue weighted by atomic mass is 9.82. The highest BCUT2D eigenvalue weighted by Gasteiger charge is 2.37. The average molecular weight is 342 g/mol. The largest absolute Gasteiger partial charge is 0.497 e. The van der Waals surface area contributed by atoms with Gasteiger partial charge >= 0.3 is 5.97 Å². The summed E-state index contributed by atoms with van der Waals surface area (Å²) < 4.78 is 16.1. The third kappa shape index (κ3) is 3.77. The van der Waals surface area contributed by atoms with Crippen molar-refractivity contribution in [2.24, 2.45) is 5.73 Å². The summed E-state index contributed by atoms with van der Waals surface area (Å²) in [7, 11) is 1.56. The quantitative estimate of drug-likeness (QED) is 0.798. The number of hydrogen-bond acceptors (Lipinski definition) is 6. The molecule has 0 bridgehead atoms. The molecule has 132 valence electrons. The van der Waals surface area contributed by atoms with Gasteiger partial charge in [-0.25, -0.2) is 4.79 Å². The van der Waals surface area contributed by atoms with Crippen molar-refractivity contribution < 1.29 is 19.0 Å². The average Bonchev–Trinajstić information content (AvgIpc) is 2.61. The van der Waals surface area contributed by atoms with Crippen LogP contribution >= 0.6 is 0 Å². The minimum atomic E-state index is -0.644. The normalized spacial score (nSPS) is 17.0. The van der Waals surface area contributed by atoms with Crippen LogP contribution in [0.2, 0.25) is 0 Å². The van der Waals surface area contributed by atoms with E-state index >= 15 is 0 Å². The number of ether oxygens (including phenoxy) is 3. The highest BCUT2D eigenvalue weighted by molar-refractivity contribution is 5.92. The number of esters is 1. The van der Waals surface area contributed by atoms with Gasteiger partial charge < -0.3 is 19.9 Å². The first kappa shape index (κ1) is 18.4. The predicted octanol–water partition coefficient (Wildman–Crippen LogP) is 3.12. The van der Waals surface area contributed by atoms with Crippen LogP contribution < -0.4 is 10.5 Å². The molecule has 0 saturated carbocycles. The Kier molecular flexibility index (Phi) is 6.07. The first-order valence-electron chi connectivity index (χ1n) is 8.18. The Morgan fingerprint density at radius 1 is 1.40 bits per heavy atom. The van der Waals surface area contributed by atoms with Crippen LogP contribution in [0.4, 0.5) is 0 Å². The standard InChI is InChI=1S/C19H22N2O4/c1-4-7-15-17(19(22)24-5-2)16(14(11-20)18(21)25-15)12-8-6-9-13(10-12)23-3/h6,8-10,16H,4-5,7,21H2,1-3H3/t16-/m0/s1. The van der Waals surface area contributed by atoms with Crippen molar-refractivity contribution in [2.45, 2.75) is 32.6 Å². The second-order valence-electron chi connectivity index (χ2n) is 5.51. The van der Waals surface area contributed by atoms with E-state index in [1.807, 2.05) is 13.0 Å². The highest BCUT2D eigenvalue weighted by atomic mass is 16.5. The van der Waals surface area contributed by atoms with E-state index in [2.05, 4.69) is 6.07 Å². The number of benzene rings is 1. The number of rotatable bonds is 6. The molecule has 1 atom stereocenters. The Hall–Kier alpha value is -2.94. The van der Waals surface area contributed by atoms with Gasteiger partial charge in [0.1, 0.15) is 23.2 Å². The topological polar surface area (TPSA) is 94.6 Å². The number of nitriles is 1. The zero-order chi connectivity index (χ0) is 18.4.